The predicted molar refractivity (Wildman–Crippen MR) is 130 cm³/mol. The number of aliphatic imine (C=N–C) groups is 1. The molecule has 0 amide bonds. The minimum atomic E-state index is -0.430. The van der Waals surface area contributed by atoms with E-state index in [9.17, 15) is 14.3 Å². The fraction of sp³-hybridized carbons (Fsp3) is 0.435. The van der Waals surface area contributed by atoms with Crippen molar-refractivity contribution in [3.8, 4) is 0 Å². The molecule has 0 aliphatic rings. The van der Waals surface area contributed by atoms with E-state index in [1.165, 1.54) is 23.5 Å². The average Bonchev–Trinajstić information content (AvgIpc) is 3.31. The van der Waals surface area contributed by atoms with Crippen LogP contribution in [0.1, 0.15) is 37.8 Å². The highest BCUT2D eigenvalue weighted by Crippen LogP contribution is 2.19. The highest BCUT2D eigenvalue weighted by Gasteiger charge is 2.18. The lowest BCUT2D eigenvalue weighted by atomic mass is 10.2. The molecule has 0 fully saturated rings. The number of nitrogens with zero attached hydrogens (tertiary/aromatic N) is 3. The zero-order valence-corrected chi connectivity index (χ0v) is 20.7. The van der Waals surface area contributed by atoms with Crippen molar-refractivity contribution in [2.75, 3.05) is 32.8 Å². The van der Waals surface area contributed by atoms with Crippen LogP contribution < -0.4 is 5.32 Å². The number of thiazole rings is 1. The van der Waals surface area contributed by atoms with Gasteiger partial charge < -0.3 is 15.2 Å². The van der Waals surface area contributed by atoms with Crippen LogP contribution >= 0.6 is 22.9 Å². The van der Waals surface area contributed by atoms with Gasteiger partial charge >= 0.3 is 5.97 Å². The number of hydrogen-bond acceptors (Lipinski definition) is 7. The van der Waals surface area contributed by atoms with Gasteiger partial charge in [-0.1, -0.05) is 24.6 Å². The summed E-state index contributed by atoms with van der Waals surface area (Å²) in [5, 5.41) is 15.5. The molecule has 180 valence electrons. The second-order valence-corrected chi connectivity index (χ2v) is 8.49. The Morgan fingerprint density at radius 2 is 2.15 bits per heavy atom. The van der Waals surface area contributed by atoms with Gasteiger partial charge in [-0.25, -0.2) is 14.2 Å². The number of esters is 1. The van der Waals surface area contributed by atoms with Crippen LogP contribution in [0.2, 0.25) is 5.02 Å². The zero-order chi connectivity index (χ0) is 24.2. The minimum Gasteiger partial charge on any atom is -0.463 e. The molecule has 1 aromatic heterocycles. The van der Waals surface area contributed by atoms with E-state index in [1.807, 2.05) is 17.2 Å². The Morgan fingerprint density at radius 1 is 1.36 bits per heavy atom. The van der Waals surface area contributed by atoms with Crippen LogP contribution in [-0.2, 0) is 16.1 Å². The summed E-state index contributed by atoms with van der Waals surface area (Å²) in [6.45, 7) is 7.55. The van der Waals surface area contributed by atoms with E-state index < -0.39 is 11.8 Å². The summed E-state index contributed by atoms with van der Waals surface area (Å²) in [5.41, 5.74) is 1.68. The largest absolute Gasteiger partial charge is 0.463 e. The van der Waals surface area contributed by atoms with Gasteiger partial charge in [-0.05, 0) is 44.5 Å². The molecule has 0 radical (unpaired) electrons. The van der Waals surface area contributed by atoms with Gasteiger partial charge in [0.1, 0.15) is 5.82 Å². The van der Waals surface area contributed by atoms with E-state index in [4.69, 9.17) is 16.3 Å². The molecule has 0 aliphatic carbocycles. The monoisotopic (exact) mass is 496 g/mol. The lowest BCUT2D eigenvalue weighted by Crippen LogP contribution is -2.37. The smallest absolute Gasteiger partial charge is 0.335 e. The second kappa shape index (κ2) is 14.0. The van der Waals surface area contributed by atoms with Crippen molar-refractivity contribution in [2.45, 2.75) is 33.7 Å². The van der Waals surface area contributed by atoms with Crippen LogP contribution in [0.4, 0.5) is 4.39 Å². The molecule has 33 heavy (non-hydrogen) atoms. The number of nitrogens with one attached hydrogen (secondary N) is 1. The van der Waals surface area contributed by atoms with Crippen molar-refractivity contribution >= 4 is 34.7 Å². The number of rotatable bonds is 12. The topological polar surface area (TPSA) is 87.0 Å². The zero-order valence-electron chi connectivity index (χ0n) is 19.1. The van der Waals surface area contributed by atoms with Crippen LogP contribution in [0.15, 0.2) is 46.0 Å². The number of hydrogen-bond donors (Lipinski definition) is 2. The molecule has 2 aromatic rings. The first-order chi connectivity index (χ1) is 15.9. The number of aliphatic hydroxyl groups is 1. The molecular weight excluding hydrogens is 467 g/mol. The number of aliphatic hydroxyl groups excluding tert-OH is 1. The van der Waals surface area contributed by atoms with Gasteiger partial charge in [0.2, 0.25) is 0 Å². The molecule has 0 atom stereocenters. The summed E-state index contributed by atoms with van der Waals surface area (Å²) in [4.78, 5) is 23.6. The van der Waals surface area contributed by atoms with Crippen molar-refractivity contribution in [1.82, 2.24) is 15.2 Å². The molecule has 10 heteroatoms. The number of amidine groups is 1. The third kappa shape index (κ3) is 8.51. The predicted octanol–water partition coefficient (Wildman–Crippen LogP) is 4.01. The van der Waals surface area contributed by atoms with Crippen LogP contribution in [0.25, 0.3) is 0 Å². The molecule has 1 heterocycles. The molecular formula is C23H30ClFN4O3S. The maximum atomic E-state index is 13.4. The van der Waals surface area contributed by atoms with Crippen molar-refractivity contribution in [1.29, 1.82) is 0 Å². The number of ether oxygens (including phenoxy) is 1. The molecule has 7 nitrogen and oxygen atoms in total. The maximum absolute atomic E-state index is 13.4. The van der Waals surface area contributed by atoms with Gasteiger partial charge in [0.05, 0.1) is 25.3 Å². The van der Waals surface area contributed by atoms with Gasteiger partial charge in [0.15, 0.2) is 10.8 Å². The van der Waals surface area contributed by atoms with Crippen molar-refractivity contribution in [2.24, 2.45) is 4.99 Å². The van der Waals surface area contributed by atoms with Crippen molar-refractivity contribution in [3.63, 3.8) is 0 Å². The minimum absolute atomic E-state index is 0.00221. The average molecular weight is 497 g/mol. The molecule has 0 saturated carbocycles. The summed E-state index contributed by atoms with van der Waals surface area (Å²) in [5.74, 6) is -0.383. The summed E-state index contributed by atoms with van der Waals surface area (Å²) >= 11 is 7.56. The van der Waals surface area contributed by atoms with Gasteiger partial charge in [-0.2, -0.15) is 0 Å². The molecule has 0 unspecified atom stereocenters. The number of aromatic nitrogens is 1. The van der Waals surface area contributed by atoms with E-state index in [-0.39, 0.29) is 24.8 Å². The lowest BCUT2D eigenvalue weighted by molar-refractivity contribution is -0.138. The highest BCUT2D eigenvalue weighted by atomic mass is 35.5. The number of carbonyl (C=O) groups is 1. The number of carbonyl (C=O) groups excluding carboxylic acids is 1. The SMILES string of the molecule is CCCN(CCO)C/C(NC(=NCc1ccc(F)cc1Cl)c1nccs1)=C(/C)C(=O)OCC. The number of halogens is 2. The molecule has 1 aromatic carbocycles. The van der Waals surface area contributed by atoms with E-state index in [0.717, 1.165) is 13.0 Å². The van der Waals surface area contributed by atoms with E-state index in [1.54, 1.807) is 26.1 Å². The number of benzene rings is 1. The first-order valence-corrected chi connectivity index (χ1v) is 12.0. The van der Waals surface area contributed by atoms with Crippen molar-refractivity contribution < 1.29 is 19.0 Å². The molecule has 2 N–H and O–H groups in total. The maximum Gasteiger partial charge on any atom is 0.335 e. The van der Waals surface area contributed by atoms with Gasteiger partial charge in [-0.3, -0.25) is 9.89 Å². The normalized spacial score (nSPS) is 12.6. The first-order valence-electron chi connectivity index (χ1n) is 10.7. The second-order valence-electron chi connectivity index (χ2n) is 7.19. The Labute approximate surface area is 203 Å². The highest BCUT2D eigenvalue weighted by molar-refractivity contribution is 7.11. The fourth-order valence-electron chi connectivity index (χ4n) is 3.02. The summed E-state index contributed by atoms with van der Waals surface area (Å²) in [6, 6.07) is 4.17. The van der Waals surface area contributed by atoms with Crippen LogP contribution in [0.5, 0.6) is 0 Å². The van der Waals surface area contributed by atoms with E-state index in [0.29, 0.717) is 40.8 Å². The third-order valence-electron chi connectivity index (χ3n) is 4.70. The Bertz CT molecular complexity index is 961. The first kappa shape index (κ1) is 26.9. The fourth-order valence-corrected chi connectivity index (χ4v) is 3.85. The van der Waals surface area contributed by atoms with Crippen molar-refractivity contribution in [3.05, 3.63) is 62.5 Å². The van der Waals surface area contributed by atoms with Gasteiger partial charge in [0.25, 0.3) is 0 Å². The van der Waals surface area contributed by atoms with Gasteiger partial charge in [0, 0.05) is 35.4 Å². The van der Waals surface area contributed by atoms with Crippen LogP contribution in [0.3, 0.4) is 0 Å². The lowest BCUT2D eigenvalue weighted by Gasteiger charge is -2.24. The summed E-state index contributed by atoms with van der Waals surface area (Å²) in [6.07, 6.45) is 2.56. The van der Waals surface area contributed by atoms with Crippen LogP contribution in [-0.4, -0.2) is 59.6 Å². The standard InChI is InChI=1S/C23H30ClFN4O3S/c1-4-9-29(10-11-30)15-20(16(3)23(31)32-5-2)28-21(22-26-8-12-33-22)27-14-17-6-7-18(25)13-19(17)24/h6-8,12-13,30H,4-5,9-11,14-15H2,1-3H3,(H,27,28)/b20-16+. The van der Waals surface area contributed by atoms with Gasteiger partial charge in [-0.15, -0.1) is 11.3 Å². The van der Waals surface area contributed by atoms with E-state index in [2.05, 4.69) is 15.3 Å². The molecule has 2 rings (SSSR count). The Hall–Kier alpha value is -2.33. The third-order valence-corrected chi connectivity index (χ3v) is 5.83. The Kier molecular flexibility index (Phi) is 11.5. The molecule has 0 bridgehead atoms. The molecule has 0 saturated heterocycles. The Balaban J connectivity index is 2.41. The van der Waals surface area contributed by atoms with Crippen LogP contribution in [0, 0.1) is 5.82 Å². The molecule has 0 aliphatic heterocycles. The summed E-state index contributed by atoms with van der Waals surface area (Å²) in [7, 11) is 0. The molecule has 0 spiro atoms. The van der Waals surface area contributed by atoms with E-state index >= 15 is 0 Å². The quantitative estimate of drug-likeness (QED) is 0.200. The Morgan fingerprint density at radius 3 is 2.76 bits per heavy atom. The summed E-state index contributed by atoms with van der Waals surface area (Å²) < 4.78 is 18.6.